The lowest BCUT2D eigenvalue weighted by Crippen LogP contribution is -2.44. The molecule has 2 rings (SSSR count). The average Bonchev–Trinajstić information content (AvgIpc) is 3.09. The summed E-state index contributed by atoms with van der Waals surface area (Å²) in [6, 6.07) is 0.260. The molecular formula is C13H22N2O4. The SMILES string of the molecule is COCC1CCN(C(=O)N(CCC(=O)O)C2CC2)C1. The molecule has 1 heterocycles. The first-order chi connectivity index (χ1) is 9.11. The highest BCUT2D eigenvalue weighted by atomic mass is 16.5. The second-order valence-electron chi connectivity index (χ2n) is 5.41. The summed E-state index contributed by atoms with van der Waals surface area (Å²) in [5.41, 5.74) is 0. The van der Waals surface area contributed by atoms with Crippen molar-refractivity contribution in [2.75, 3.05) is 33.4 Å². The lowest BCUT2D eigenvalue weighted by atomic mass is 10.1. The number of likely N-dealkylation sites (tertiary alicyclic amines) is 1. The van der Waals surface area contributed by atoms with Gasteiger partial charge in [0.05, 0.1) is 13.0 Å². The molecule has 0 aromatic heterocycles. The van der Waals surface area contributed by atoms with E-state index >= 15 is 0 Å². The van der Waals surface area contributed by atoms with E-state index in [9.17, 15) is 9.59 Å². The van der Waals surface area contributed by atoms with Crippen LogP contribution in [0.1, 0.15) is 25.7 Å². The second-order valence-corrected chi connectivity index (χ2v) is 5.41. The van der Waals surface area contributed by atoms with Crippen LogP contribution in [-0.4, -0.2) is 66.3 Å². The number of hydrogen-bond donors (Lipinski definition) is 1. The van der Waals surface area contributed by atoms with E-state index in [1.165, 1.54) is 0 Å². The summed E-state index contributed by atoms with van der Waals surface area (Å²) in [6.07, 6.45) is 3.00. The van der Waals surface area contributed by atoms with Crippen molar-refractivity contribution in [3.8, 4) is 0 Å². The molecule has 108 valence electrons. The number of carbonyl (C=O) groups is 2. The molecule has 0 spiro atoms. The van der Waals surface area contributed by atoms with Crippen molar-refractivity contribution < 1.29 is 19.4 Å². The molecular weight excluding hydrogens is 248 g/mol. The predicted octanol–water partition coefficient (Wildman–Crippen LogP) is 1.01. The molecule has 2 fully saturated rings. The van der Waals surface area contributed by atoms with Gasteiger partial charge in [0, 0.05) is 38.7 Å². The molecule has 0 aromatic carbocycles. The van der Waals surface area contributed by atoms with Gasteiger partial charge in [-0.1, -0.05) is 0 Å². The Balaban J connectivity index is 1.87. The number of nitrogens with zero attached hydrogens (tertiary/aromatic N) is 2. The van der Waals surface area contributed by atoms with Gasteiger partial charge < -0.3 is 19.6 Å². The summed E-state index contributed by atoms with van der Waals surface area (Å²) in [5, 5.41) is 8.76. The fourth-order valence-electron chi connectivity index (χ4n) is 2.60. The molecule has 1 aliphatic heterocycles. The van der Waals surface area contributed by atoms with Crippen molar-refractivity contribution in [2.45, 2.75) is 31.7 Å². The molecule has 1 atom stereocenters. The van der Waals surface area contributed by atoms with E-state index in [0.717, 1.165) is 32.4 Å². The Bertz CT molecular complexity index is 344. The highest BCUT2D eigenvalue weighted by Crippen LogP contribution is 2.29. The van der Waals surface area contributed by atoms with E-state index in [1.807, 2.05) is 4.90 Å². The van der Waals surface area contributed by atoms with Gasteiger partial charge in [-0.05, 0) is 19.3 Å². The number of carbonyl (C=O) groups excluding carboxylic acids is 1. The maximum absolute atomic E-state index is 12.4. The molecule has 2 aliphatic rings. The third-order valence-corrected chi connectivity index (χ3v) is 3.76. The van der Waals surface area contributed by atoms with Crippen LogP contribution in [0.3, 0.4) is 0 Å². The molecule has 1 unspecified atom stereocenters. The lowest BCUT2D eigenvalue weighted by molar-refractivity contribution is -0.137. The van der Waals surface area contributed by atoms with Crippen LogP contribution in [0, 0.1) is 5.92 Å². The number of rotatable bonds is 6. The normalized spacial score (nSPS) is 22.6. The number of ether oxygens (including phenoxy) is 1. The molecule has 0 bridgehead atoms. The third kappa shape index (κ3) is 3.83. The quantitative estimate of drug-likeness (QED) is 0.782. The van der Waals surface area contributed by atoms with Gasteiger partial charge in [-0.25, -0.2) is 4.79 Å². The van der Waals surface area contributed by atoms with Gasteiger partial charge in [0.15, 0.2) is 0 Å². The van der Waals surface area contributed by atoms with Crippen LogP contribution in [0.4, 0.5) is 4.79 Å². The molecule has 1 saturated carbocycles. The van der Waals surface area contributed by atoms with Crippen LogP contribution in [0.25, 0.3) is 0 Å². The molecule has 1 aliphatic carbocycles. The molecule has 6 nitrogen and oxygen atoms in total. The minimum absolute atomic E-state index is 0.00218. The van der Waals surface area contributed by atoms with Crippen LogP contribution < -0.4 is 0 Å². The zero-order valence-corrected chi connectivity index (χ0v) is 11.4. The standard InChI is InChI=1S/C13H22N2O4/c1-19-9-10-4-6-14(8-10)13(18)15(11-2-3-11)7-5-12(16)17/h10-11H,2-9H2,1H3,(H,16,17). The van der Waals surface area contributed by atoms with Crippen molar-refractivity contribution in [3.05, 3.63) is 0 Å². The van der Waals surface area contributed by atoms with E-state index in [0.29, 0.717) is 19.1 Å². The third-order valence-electron chi connectivity index (χ3n) is 3.76. The van der Waals surface area contributed by atoms with E-state index in [2.05, 4.69) is 0 Å². The largest absolute Gasteiger partial charge is 0.481 e. The zero-order chi connectivity index (χ0) is 13.8. The Kier molecular flexibility index (Phi) is 4.63. The average molecular weight is 270 g/mol. The number of amides is 2. The number of urea groups is 1. The van der Waals surface area contributed by atoms with Crippen molar-refractivity contribution in [3.63, 3.8) is 0 Å². The second kappa shape index (κ2) is 6.23. The summed E-state index contributed by atoms with van der Waals surface area (Å²) < 4.78 is 5.12. The summed E-state index contributed by atoms with van der Waals surface area (Å²) in [5.74, 6) is -0.438. The van der Waals surface area contributed by atoms with Crippen LogP contribution in [0.2, 0.25) is 0 Å². The molecule has 19 heavy (non-hydrogen) atoms. The Morgan fingerprint density at radius 1 is 1.37 bits per heavy atom. The summed E-state index contributed by atoms with van der Waals surface area (Å²) in [6.45, 7) is 2.48. The van der Waals surface area contributed by atoms with E-state index in [4.69, 9.17) is 9.84 Å². The molecule has 6 heteroatoms. The van der Waals surface area contributed by atoms with Gasteiger partial charge in [-0.15, -0.1) is 0 Å². The number of carboxylic acids is 1. The number of carboxylic acid groups (broad SMARTS) is 1. The number of hydrogen-bond acceptors (Lipinski definition) is 3. The first-order valence-electron chi connectivity index (χ1n) is 6.88. The number of aliphatic carboxylic acids is 1. The topological polar surface area (TPSA) is 70.1 Å². The summed E-state index contributed by atoms with van der Waals surface area (Å²) in [4.78, 5) is 26.6. The van der Waals surface area contributed by atoms with Gasteiger partial charge >= 0.3 is 12.0 Å². The van der Waals surface area contributed by atoms with Gasteiger partial charge in [0.25, 0.3) is 0 Å². The molecule has 1 saturated heterocycles. The molecule has 0 aromatic rings. The van der Waals surface area contributed by atoms with E-state index in [-0.39, 0.29) is 18.5 Å². The van der Waals surface area contributed by atoms with Crippen LogP contribution in [0.15, 0.2) is 0 Å². The summed E-state index contributed by atoms with van der Waals surface area (Å²) >= 11 is 0. The maximum atomic E-state index is 12.4. The molecule has 1 N–H and O–H groups in total. The fraction of sp³-hybridized carbons (Fsp3) is 0.846. The monoisotopic (exact) mass is 270 g/mol. The first kappa shape index (κ1) is 14.1. The fourth-order valence-corrected chi connectivity index (χ4v) is 2.60. The van der Waals surface area contributed by atoms with Gasteiger partial charge in [-0.3, -0.25) is 4.79 Å². The van der Waals surface area contributed by atoms with E-state index in [1.54, 1.807) is 12.0 Å². The van der Waals surface area contributed by atoms with E-state index < -0.39 is 5.97 Å². The Labute approximate surface area is 113 Å². The first-order valence-corrected chi connectivity index (χ1v) is 6.88. The van der Waals surface area contributed by atoms with Gasteiger partial charge in [-0.2, -0.15) is 0 Å². The molecule has 2 amide bonds. The van der Waals surface area contributed by atoms with Crippen molar-refractivity contribution in [1.29, 1.82) is 0 Å². The molecule has 0 radical (unpaired) electrons. The maximum Gasteiger partial charge on any atom is 0.320 e. The predicted molar refractivity (Wildman–Crippen MR) is 68.9 cm³/mol. The minimum atomic E-state index is -0.850. The number of methoxy groups -OCH3 is 1. The van der Waals surface area contributed by atoms with Crippen molar-refractivity contribution in [1.82, 2.24) is 9.80 Å². The Hall–Kier alpha value is -1.30. The minimum Gasteiger partial charge on any atom is -0.481 e. The van der Waals surface area contributed by atoms with Crippen LogP contribution >= 0.6 is 0 Å². The van der Waals surface area contributed by atoms with Gasteiger partial charge in [0.1, 0.15) is 0 Å². The van der Waals surface area contributed by atoms with Gasteiger partial charge in [0.2, 0.25) is 0 Å². The Morgan fingerprint density at radius 3 is 2.68 bits per heavy atom. The highest BCUT2D eigenvalue weighted by molar-refractivity contribution is 5.76. The smallest absolute Gasteiger partial charge is 0.320 e. The summed E-state index contributed by atoms with van der Waals surface area (Å²) in [7, 11) is 1.67. The van der Waals surface area contributed by atoms with Crippen LogP contribution in [0.5, 0.6) is 0 Å². The zero-order valence-electron chi connectivity index (χ0n) is 11.4. The van der Waals surface area contributed by atoms with Crippen LogP contribution in [-0.2, 0) is 9.53 Å². The lowest BCUT2D eigenvalue weighted by Gasteiger charge is -2.27. The highest BCUT2D eigenvalue weighted by Gasteiger charge is 2.37. The Morgan fingerprint density at radius 2 is 2.11 bits per heavy atom. The van der Waals surface area contributed by atoms with Crippen molar-refractivity contribution >= 4 is 12.0 Å². The van der Waals surface area contributed by atoms with Crippen molar-refractivity contribution in [2.24, 2.45) is 5.92 Å².